The number of nitrogens with zero attached hydrogens (tertiary/aromatic N) is 4. The summed E-state index contributed by atoms with van der Waals surface area (Å²) in [4.78, 5) is 40.9. The van der Waals surface area contributed by atoms with E-state index in [1.165, 1.54) is 11.3 Å². The van der Waals surface area contributed by atoms with E-state index in [1.807, 2.05) is 35.7 Å². The molecule has 0 spiro atoms. The molecule has 0 bridgehead atoms. The highest BCUT2D eigenvalue weighted by Crippen LogP contribution is 2.38. The molecule has 0 aliphatic carbocycles. The van der Waals surface area contributed by atoms with Gasteiger partial charge < -0.3 is 18.9 Å². The predicted octanol–water partition coefficient (Wildman–Crippen LogP) is 4.87. The van der Waals surface area contributed by atoms with E-state index in [-0.39, 0.29) is 31.5 Å². The summed E-state index contributed by atoms with van der Waals surface area (Å²) in [6.07, 6.45) is 6.63. The molecule has 1 aliphatic heterocycles. The topological polar surface area (TPSA) is 115 Å². The minimum atomic E-state index is -2.05. The molecular formula is C30H29ClN4O6S. The first kappa shape index (κ1) is 29.7. The number of carbonyl (C=O) groups is 2. The molecule has 12 heteroatoms. The maximum atomic E-state index is 13.3. The number of fused-ring (bicyclic) bond motifs is 1. The van der Waals surface area contributed by atoms with Crippen molar-refractivity contribution in [2.24, 2.45) is 5.92 Å². The number of carbonyl (C=O) groups excluding carboxylic acids is 2. The highest BCUT2D eigenvalue weighted by molar-refractivity contribution is 7.13. The lowest BCUT2D eigenvalue weighted by molar-refractivity contribution is -0.195. The van der Waals surface area contributed by atoms with Crippen LogP contribution in [0.4, 0.5) is 0 Å². The second kappa shape index (κ2) is 13.0. The van der Waals surface area contributed by atoms with Crippen LogP contribution in [-0.4, -0.2) is 63.0 Å². The zero-order chi connectivity index (χ0) is 29.7. The normalized spacial score (nSPS) is 18.6. The summed E-state index contributed by atoms with van der Waals surface area (Å²) < 4.78 is 24.9. The zero-order valence-corrected chi connectivity index (χ0v) is 24.6. The van der Waals surface area contributed by atoms with E-state index in [9.17, 15) is 9.59 Å². The van der Waals surface area contributed by atoms with Gasteiger partial charge in [0.05, 0.1) is 43.0 Å². The number of hydrogen-bond donors (Lipinski definition) is 0. The maximum Gasteiger partial charge on any atom is 0.350 e. The summed E-state index contributed by atoms with van der Waals surface area (Å²) in [5.41, 5.74) is 0.345. The molecule has 5 rings (SSSR count). The SMILES string of the molecule is C#CC1CC(n2cnc3c(-c4cccs4)nc(Cl)nc32)OC1COC(Cc1ccccc1)(C(=O)OCC)C(=O)OCC. The number of terminal acetylenes is 1. The molecule has 4 aromatic rings. The van der Waals surface area contributed by atoms with Crippen LogP contribution in [0.15, 0.2) is 54.2 Å². The van der Waals surface area contributed by atoms with E-state index in [0.717, 1.165) is 4.88 Å². The van der Waals surface area contributed by atoms with Gasteiger partial charge in [0, 0.05) is 12.8 Å². The van der Waals surface area contributed by atoms with Crippen LogP contribution in [0.3, 0.4) is 0 Å². The quantitative estimate of drug-likeness (QED) is 0.102. The highest BCUT2D eigenvalue weighted by Gasteiger charge is 2.52. The molecule has 3 unspecified atom stereocenters. The number of imidazole rings is 1. The molecule has 1 fully saturated rings. The number of hydrogen-bond acceptors (Lipinski definition) is 10. The summed E-state index contributed by atoms with van der Waals surface area (Å²) in [5.74, 6) is 0.682. The Morgan fingerprint density at radius 2 is 1.88 bits per heavy atom. The maximum absolute atomic E-state index is 13.3. The number of benzene rings is 1. The van der Waals surface area contributed by atoms with Crippen LogP contribution in [0.5, 0.6) is 0 Å². The number of thiophene rings is 1. The largest absolute Gasteiger partial charge is 0.463 e. The molecule has 0 amide bonds. The lowest BCUT2D eigenvalue weighted by atomic mass is 9.93. The molecule has 218 valence electrons. The van der Waals surface area contributed by atoms with E-state index in [2.05, 4.69) is 20.9 Å². The smallest absolute Gasteiger partial charge is 0.350 e. The average Bonchev–Trinajstić information content (AvgIpc) is 3.75. The van der Waals surface area contributed by atoms with E-state index in [0.29, 0.717) is 28.8 Å². The van der Waals surface area contributed by atoms with Gasteiger partial charge in [-0.15, -0.1) is 23.7 Å². The molecule has 1 saturated heterocycles. The molecule has 42 heavy (non-hydrogen) atoms. The van der Waals surface area contributed by atoms with Crippen LogP contribution >= 0.6 is 22.9 Å². The van der Waals surface area contributed by atoms with Gasteiger partial charge in [0.15, 0.2) is 5.65 Å². The second-order valence-electron chi connectivity index (χ2n) is 9.52. The van der Waals surface area contributed by atoms with Crippen molar-refractivity contribution >= 4 is 46.0 Å². The molecule has 4 heterocycles. The molecule has 1 aliphatic rings. The fourth-order valence-corrected chi connectivity index (χ4v) is 5.80. The molecule has 0 N–H and O–H groups in total. The minimum Gasteiger partial charge on any atom is -0.463 e. The van der Waals surface area contributed by atoms with E-state index >= 15 is 0 Å². The first-order valence-electron chi connectivity index (χ1n) is 13.5. The van der Waals surface area contributed by atoms with Gasteiger partial charge in [-0.3, -0.25) is 4.57 Å². The third-order valence-electron chi connectivity index (χ3n) is 6.91. The Morgan fingerprint density at radius 3 is 2.52 bits per heavy atom. The van der Waals surface area contributed by atoms with E-state index in [1.54, 1.807) is 36.9 Å². The van der Waals surface area contributed by atoms with E-state index in [4.69, 9.17) is 37.0 Å². The van der Waals surface area contributed by atoms with Gasteiger partial charge in [-0.1, -0.05) is 36.4 Å². The first-order valence-corrected chi connectivity index (χ1v) is 14.7. The van der Waals surface area contributed by atoms with Gasteiger partial charge in [0.25, 0.3) is 5.60 Å². The van der Waals surface area contributed by atoms with Crippen molar-refractivity contribution < 1.29 is 28.5 Å². The zero-order valence-electron chi connectivity index (χ0n) is 23.1. The number of esters is 2. The lowest BCUT2D eigenvalue weighted by Gasteiger charge is -2.31. The monoisotopic (exact) mass is 608 g/mol. The van der Waals surface area contributed by atoms with Crippen LogP contribution in [0.1, 0.15) is 32.1 Å². The number of rotatable bonds is 11. The van der Waals surface area contributed by atoms with Crippen molar-refractivity contribution in [2.75, 3.05) is 19.8 Å². The van der Waals surface area contributed by atoms with Gasteiger partial charge in [-0.05, 0) is 42.5 Å². The van der Waals surface area contributed by atoms with Crippen LogP contribution in [0.25, 0.3) is 21.7 Å². The van der Waals surface area contributed by atoms with Crippen molar-refractivity contribution in [1.82, 2.24) is 19.5 Å². The summed E-state index contributed by atoms with van der Waals surface area (Å²) in [6, 6.07) is 12.9. The third-order valence-corrected chi connectivity index (χ3v) is 7.96. The molecular weight excluding hydrogens is 580 g/mol. The molecule has 1 aromatic carbocycles. The Hall–Kier alpha value is -3.82. The van der Waals surface area contributed by atoms with Gasteiger partial charge in [-0.2, -0.15) is 4.98 Å². The molecule has 10 nitrogen and oxygen atoms in total. The summed E-state index contributed by atoms with van der Waals surface area (Å²) in [7, 11) is 0. The van der Waals surface area contributed by atoms with Gasteiger partial charge >= 0.3 is 11.9 Å². The fraction of sp³-hybridized carbons (Fsp3) is 0.367. The number of ether oxygens (including phenoxy) is 4. The Kier molecular flexibility index (Phi) is 9.18. The fourth-order valence-electron chi connectivity index (χ4n) is 4.92. The Balaban J connectivity index is 1.43. The van der Waals surface area contributed by atoms with Crippen molar-refractivity contribution in [3.8, 4) is 22.9 Å². The summed E-state index contributed by atoms with van der Waals surface area (Å²) in [5, 5.41) is 2.02. The highest BCUT2D eigenvalue weighted by atomic mass is 35.5. The van der Waals surface area contributed by atoms with Gasteiger partial charge in [0.1, 0.15) is 17.4 Å². The number of halogens is 1. The Labute approximate surface area is 251 Å². The van der Waals surface area contributed by atoms with Crippen molar-refractivity contribution in [2.45, 2.75) is 44.6 Å². The Morgan fingerprint density at radius 1 is 1.14 bits per heavy atom. The van der Waals surface area contributed by atoms with Crippen LogP contribution in [0.2, 0.25) is 5.28 Å². The predicted molar refractivity (Wildman–Crippen MR) is 157 cm³/mol. The van der Waals surface area contributed by atoms with Crippen molar-refractivity contribution in [3.05, 3.63) is 65.0 Å². The molecule has 3 aromatic heterocycles. The molecule has 0 saturated carbocycles. The van der Waals surface area contributed by atoms with Crippen LogP contribution in [0, 0.1) is 18.3 Å². The molecule has 3 atom stereocenters. The van der Waals surface area contributed by atoms with Crippen molar-refractivity contribution in [3.63, 3.8) is 0 Å². The van der Waals surface area contributed by atoms with E-state index < -0.39 is 35.8 Å². The van der Waals surface area contributed by atoms with Gasteiger partial charge in [-0.25, -0.2) is 19.6 Å². The summed E-state index contributed by atoms with van der Waals surface area (Å²) in [6.45, 7) is 3.26. The second-order valence-corrected chi connectivity index (χ2v) is 10.8. The van der Waals surface area contributed by atoms with Gasteiger partial charge in [0.2, 0.25) is 5.28 Å². The Bertz CT molecular complexity index is 1570. The van der Waals surface area contributed by atoms with Crippen LogP contribution < -0.4 is 0 Å². The summed E-state index contributed by atoms with van der Waals surface area (Å²) >= 11 is 7.82. The molecule has 0 radical (unpaired) electrons. The first-order chi connectivity index (χ1) is 20.4. The third kappa shape index (κ3) is 5.89. The number of aromatic nitrogens is 4. The lowest BCUT2D eigenvalue weighted by Crippen LogP contribution is -2.54. The average molecular weight is 609 g/mol. The minimum absolute atomic E-state index is 0.0543. The van der Waals surface area contributed by atoms with Crippen LogP contribution in [-0.2, 0) is 35.0 Å². The van der Waals surface area contributed by atoms with Crippen molar-refractivity contribution in [1.29, 1.82) is 0 Å². The standard InChI is InChI=1S/C30H29ClN4O6S/c1-4-20-15-23(35-18-32-25-24(22-13-10-14-42-22)33-29(31)34-26(25)35)41-21(20)17-40-30(27(36)38-5-2,28(37)39-6-3)16-19-11-8-7-9-12-19/h1,7-14,18,20-21,23H,5-6,15-17H2,2-3H3.